The van der Waals surface area contributed by atoms with Crippen LogP contribution < -0.4 is 5.32 Å². The fraction of sp³-hybridized carbons (Fsp3) is 0.333. The number of aryl methyl sites for hydroxylation is 2. The van der Waals surface area contributed by atoms with Gasteiger partial charge in [-0.25, -0.2) is 4.98 Å². The minimum absolute atomic E-state index is 0.0111. The first kappa shape index (κ1) is 14.6. The molecule has 1 aliphatic rings. The zero-order valence-corrected chi connectivity index (χ0v) is 13.9. The van der Waals surface area contributed by atoms with Gasteiger partial charge in [-0.05, 0) is 48.8 Å². The number of hydrogen-bond donors (Lipinski definition) is 2. The highest BCUT2D eigenvalue weighted by Gasteiger charge is 2.27. The summed E-state index contributed by atoms with van der Waals surface area (Å²) in [6, 6.07) is 13.1. The van der Waals surface area contributed by atoms with Crippen LogP contribution in [0.2, 0.25) is 0 Å². The molecular formula is C18H20N4S. The van der Waals surface area contributed by atoms with Crippen molar-refractivity contribution in [3.05, 3.63) is 69.4 Å². The number of H-pyrrole nitrogens is 1. The molecule has 2 heterocycles. The molecule has 1 aromatic carbocycles. The van der Waals surface area contributed by atoms with Gasteiger partial charge in [-0.3, -0.25) is 10.4 Å². The van der Waals surface area contributed by atoms with E-state index in [1.807, 2.05) is 24.3 Å². The van der Waals surface area contributed by atoms with Crippen molar-refractivity contribution in [3.63, 3.8) is 0 Å². The third kappa shape index (κ3) is 2.94. The summed E-state index contributed by atoms with van der Waals surface area (Å²) in [6.07, 6.45) is 3.61. The average molecular weight is 324 g/mol. The van der Waals surface area contributed by atoms with Crippen LogP contribution in [0.4, 0.5) is 0 Å². The molecule has 4 rings (SSSR count). The van der Waals surface area contributed by atoms with Crippen LogP contribution in [-0.4, -0.2) is 15.2 Å². The lowest BCUT2D eigenvalue weighted by Gasteiger charge is -2.28. The van der Waals surface area contributed by atoms with E-state index < -0.39 is 0 Å². The maximum Gasteiger partial charge on any atom is 0.172 e. The van der Waals surface area contributed by atoms with E-state index in [9.17, 15) is 0 Å². The fourth-order valence-electron chi connectivity index (χ4n) is 3.32. The normalized spacial score (nSPS) is 18.6. The molecule has 2 atom stereocenters. The number of fused-ring (bicyclic) bond motifs is 1. The minimum Gasteiger partial charge on any atom is -0.297 e. The molecule has 0 saturated heterocycles. The van der Waals surface area contributed by atoms with E-state index in [0.717, 1.165) is 18.1 Å². The van der Waals surface area contributed by atoms with Gasteiger partial charge in [0.1, 0.15) is 5.82 Å². The molecule has 2 N–H and O–H groups in total. The number of nitrogens with zero attached hydrogens (tertiary/aromatic N) is 2. The van der Waals surface area contributed by atoms with Crippen LogP contribution >= 0.6 is 11.3 Å². The van der Waals surface area contributed by atoms with Gasteiger partial charge >= 0.3 is 0 Å². The van der Waals surface area contributed by atoms with Gasteiger partial charge < -0.3 is 0 Å². The zero-order valence-electron chi connectivity index (χ0n) is 13.1. The Labute approximate surface area is 140 Å². The van der Waals surface area contributed by atoms with Crippen LogP contribution in [0.25, 0.3) is 0 Å². The fourth-order valence-corrected chi connectivity index (χ4v) is 4.30. The summed E-state index contributed by atoms with van der Waals surface area (Å²) < 4.78 is 0. The lowest BCUT2D eigenvalue weighted by molar-refractivity contribution is 0.423. The summed E-state index contributed by atoms with van der Waals surface area (Å²) >= 11 is 1.87. The molecule has 0 spiro atoms. The SMILES string of the molecule is Cc1nc([C@@H](N[C@@H]2CCCc3sccc32)c2ccccc2)n[nH]1. The molecule has 4 nitrogen and oxygen atoms in total. The van der Waals surface area contributed by atoms with Crippen molar-refractivity contribution in [2.45, 2.75) is 38.3 Å². The van der Waals surface area contributed by atoms with E-state index >= 15 is 0 Å². The van der Waals surface area contributed by atoms with E-state index in [1.165, 1.54) is 28.8 Å². The zero-order chi connectivity index (χ0) is 15.6. The highest BCUT2D eigenvalue weighted by molar-refractivity contribution is 7.10. The van der Waals surface area contributed by atoms with E-state index in [4.69, 9.17) is 0 Å². The van der Waals surface area contributed by atoms with Crippen molar-refractivity contribution in [1.82, 2.24) is 20.5 Å². The predicted octanol–water partition coefficient (Wildman–Crippen LogP) is 3.93. The summed E-state index contributed by atoms with van der Waals surface area (Å²) in [7, 11) is 0. The van der Waals surface area contributed by atoms with E-state index in [2.05, 4.69) is 56.2 Å². The van der Waals surface area contributed by atoms with Gasteiger partial charge in [0, 0.05) is 10.9 Å². The summed E-state index contributed by atoms with van der Waals surface area (Å²) in [5.41, 5.74) is 2.66. The van der Waals surface area contributed by atoms with Gasteiger partial charge in [-0.2, -0.15) is 5.10 Å². The first-order valence-electron chi connectivity index (χ1n) is 8.07. The topological polar surface area (TPSA) is 53.6 Å². The lowest BCUT2D eigenvalue weighted by Crippen LogP contribution is -2.30. The predicted molar refractivity (Wildman–Crippen MR) is 92.5 cm³/mol. The van der Waals surface area contributed by atoms with Crippen molar-refractivity contribution in [2.24, 2.45) is 0 Å². The highest BCUT2D eigenvalue weighted by atomic mass is 32.1. The molecule has 1 aliphatic carbocycles. The van der Waals surface area contributed by atoms with E-state index in [0.29, 0.717) is 6.04 Å². The van der Waals surface area contributed by atoms with Gasteiger partial charge in [0.05, 0.1) is 6.04 Å². The third-order valence-electron chi connectivity index (χ3n) is 4.43. The number of thiophene rings is 1. The first-order chi connectivity index (χ1) is 11.3. The third-order valence-corrected chi connectivity index (χ3v) is 5.42. The molecule has 0 unspecified atom stereocenters. The molecule has 2 aromatic heterocycles. The average Bonchev–Trinajstić information content (AvgIpc) is 3.22. The Morgan fingerprint density at radius 1 is 1.26 bits per heavy atom. The second-order valence-corrected chi connectivity index (χ2v) is 7.03. The molecule has 3 aromatic rings. The number of rotatable bonds is 4. The minimum atomic E-state index is 0.0111. The van der Waals surface area contributed by atoms with Gasteiger partial charge in [0.15, 0.2) is 5.82 Å². The molecular weight excluding hydrogens is 304 g/mol. The largest absolute Gasteiger partial charge is 0.297 e. The van der Waals surface area contributed by atoms with E-state index in [-0.39, 0.29) is 6.04 Å². The number of aromatic nitrogens is 3. The first-order valence-corrected chi connectivity index (χ1v) is 8.95. The molecule has 0 aliphatic heterocycles. The molecule has 118 valence electrons. The van der Waals surface area contributed by atoms with Crippen molar-refractivity contribution in [3.8, 4) is 0 Å². The van der Waals surface area contributed by atoms with Crippen LogP contribution in [0.5, 0.6) is 0 Å². The Morgan fingerprint density at radius 3 is 2.91 bits per heavy atom. The monoisotopic (exact) mass is 324 g/mol. The van der Waals surface area contributed by atoms with Crippen LogP contribution in [0.1, 0.15) is 52.6 Å². The molecule has 0 amide bonds. The molecule has 5 heteroatoms. The number of hydrogen-bond acceptors (Lipinski definition) is 4. The Balaban J connectivity index is 1.67. The second kappa shape index (κ2) is 6.26. The Morgan fingerprint density at radius 2 is 2.13 bits per heavy atom. The Bertz CT molecular complexity index is 777. The molecule has 0 fully saturated rings. The number of benzene rings is 1. The summed E-state index contributed by atoms with van der Waals surface area (Å²) in [5, 5.41) is 13.4. The van der Waals surface area contributed by atoms with Crippen LogP contribution in [0.15, 0.2) is 41.8 Å². The van der Waals surface area contributed by atoms with Crippen molar-refractivity contribution < 1.29 is 0 Å². The van der Waals surface area contributed by atoms with Crippen LogP contribution in [0, 0.1) is 6.92 Å². The number of nitrogens with one attached hydrogen (secondary N) is 2. The smallest absolute Gasteiger partial charge is 0.172 e. The quantitative estimate of drug-likeness (QED) is 0.764. The van der Waals surface area contributed by atoms with Gasteiger partial charge in [0.25, 0.3) is 0 Å². The molecule has 0 saturated carbocycles. The molecule has 23 heavy (non-hydrogen) atoms. The lowest BCUT2D eigenvalue weighted by atomic mass is 9.92. The number of aromatic amines is 1. The standard InChI is InChI=1S/C18H20N4S/c1-12-19-18(22-21-12)17(13-6-3-2-4-7-13)20-15-8-5-9-16-14(15)10-11-23-16/h2-4,6-7,10-11,15,17,20H,5,8-9H2,1H3,(H,19,21,22)/t15-,17+/m1/s1. The molecule has 0 radical (unpaired) electrons. The summed E-state index contributed by atoms with van der Waals surface area (Å²) in [4.78, 5) is 6.09. The van der Waals surface area contributed by atoms with Gasteiger partial charge in [-0.1, -0.05) is 30.3 Å². The van der Waals surface area contributed by atoms with Crippen molar-refractivity contribution >= 4 is 11.3 Å². The Kier molecular flexibility index (Phi) is 3.97. The second-order valence-electron chi connectivity index (χ2n) is 6.03. The van der Waals surface area contributed by atoms with Crippen LogP contribution in [0.3, 0.4) is 0 Å². The molecule has 0 bridgehead atoms. The highest BCUT2D eigenvalue weighted by Crippen LogP contribution is 2.35. The maximum atomic E-state index is 4.57. The maximum absolute atomic E-state index is 4.57. The Hall–Kier alpha value is -1.98. The van der Waals surface area contributed by atoms with E-state index in [1.54, 1.807) is 0 Å². The van der Waals surface area contributed by atoms with Gasteiger partial charge in [-0.15, -0.1) is 11.3 Å². The summed E-state index contributed by atoms with van der Waals surface area (Å²) in [6.45, 7) is 1.94. The van der Waals surface area contributed by atoms with Crippen molar-refractivity contribution in [2.75, 3.05) is 0 Å². The van der Waals surface area contributed by atoms with Gasteiger partial charge in [0.2, 0.25) is 0 Å². The summed E-state index contributed by atoms with van der Waals surface area (Å²) in [5.74, 6) is 1.67. The van der Waals surface area contributed by atoms with Crippen molar-refractivity contribution in [1.29, 1.82) is 0 Å². The van der Waals surface area contributed by atoms with Crippen LogP contribution in [-0.2, 0) is 6.42 Å².